The number of aliphatic hydroxyl groups is 1. The zero-order chi connectivity index (χ0) is 11.5. The maximum Gasteiger partial charge on any atom is 0.306 e. The van der Waals surface area contributed by atoms with E-state index in [1.807, 2.05) is 36.4 Å². The van der Waals surface area contributed by atoms with Gasteiger partial charge in [-0.25, -0.2) is 0 Å². The summed E-state index contributed by atoms with van der Waals surface area (Å²) in [6.45, 7) is 0. The lowest BCUT2D eigenvalue weighted by Crippen LogP contribution is -2.05. The van der Waals surface area contributed by atoms with Crippen molar-refractivity contribution in [2.75, 3.05) is 0 Å². The Hall–Kier alpha value is -1.87. The first-order valence-corrected chi connectivity index (χ1v) is 5.05. The summed E-state index contributed by atoms with van der Waals surface area (Å²) in [5.74, 6) is -0.999. The molecule has 1 unspecified atom stereocenters. The van der Waals surface area contributed by atoms with Gasteiger partial charge in [-0.05, 0) is 22.4 Å². The van der Waals surface area contributed by atoms with Crippen molar-refractivity contribution in [3.8, 4) is 0 Å². The zero-order valence-corrected chi connectivity index (χ0v) is 8.63. The first kappa shape index (κ1) is 10.6. The third-order valence-corrected chi connectivity index (χ3v) is 2.53. The van der Waals surface area contributed by atoms with Gasteiger partial charge in [-0.15, -0.1) is 0 Å². The van der Waals surface area contributed by atoms with Gasteiger partial charge in [0.25, 0.3) is 0 Å². The first-order valence-electron chi connectivity index (χ1n) is 5.05. The highest BCUT2D eigenvalue weighted by Crippen LogP contribution is 2.22. The first-order chi connectivity index (χ1) is 7.66. The fraction of sp³-hybridized carbons (Fsp3) is 0.154. The molecule has 82 valence electrons. The van der Waals surface area contributed by atoms with Crippen LogP contribution in [0.1, 0.15) is 18.1 Å². The molecule has 2 aromatic carbocycles. The highest BCUT2D eigenvalue weighted by Gasteiger charge is 2.11. The number of rotatable bonds is 3. The summed E-state index contributed by atoms with van der Waals surface area (Å²) >= 11 is 0. The van der Waals surface area contributed by atoms with Crippen LogP contribution >= 0.6 is 0 Å². The fourth-order valence-corrected chi connectivity index (χ4v) is 1.70. The molecule has 1 atom stereocenters. The molecular formula is C13H12O3. The molecule has 16 heavy (non-hydrogen) atoms. The second-order valence-corrected chi connectivity index (χ2v) is 3.72. The van der Waals surface area contributed by atoms with Crippen LogP contribution in [-0.2, 0) is 4.79 Å². The third-order valence-electron chi connectivity index (χ3n) is 2.53. The Morgan fingerprint density at radius 1 is 1.12 bits per heavy atom. The maximum atomic E-state index is 10.5. The number of benzene rings is 2. The molecule has 0 radical (unpaired) electrons. The Labute approximate surface area is 93.0 Å². The lowest BCUT2D eigenvalue weighted by molar-refractivity contribution is -0.139. The molecule has 3 nitrogen and oxygen atoms in total. The molecule has 3 heteroatoms. The van der Waals surface area contributed by atoms with Crippen LogP contribution in [0.5, 0.6) is 0 Å². The van der Waals surface area contributed by atoms with Crippen LogP contribution in [0.15, 0.2) is 42.5 Å². The van der Waals surface area contributed by atoms with Gasteiger partial charge in [0.05, 0.1) is 12.5 Å². The van der Waals surface area contributed by atoms with E-state index < -0.39 is 12.1 Å². The summed E-state index contributed by atoms with van der Waals surface area (Å²) in [5.41, 5.74) is 0.640. The summed E-state index contributed by atoms with van der Waals surface area (Å²) < 4.78 is 0. The minimum absolute atomic E-state index is 0.266. The van der Waals surface area contributed by atoms with Crippen LogP contribution in [0.25, 0.3) is 10.8 Å². The quantitative estimate of drug-likeness (QED) is 0.828. The Kier molecular flexibility index (Phi) is 2.88. The van der Waals surface area contributed by atoms with E-state index in [0.717, 1.165) is 10.8 Å². The highest BCUT2D eigenvalue weighted by molar-refractivity contribution is 5.83. The lowest BCUT2D eigenvalue weighted by atomic mass is 10.0. The number of carboxylic acid groups (broad SMARTS) is 1. The van der Waals surface area contributed by atoms with E-state index in [2.05, 4.69) is 0 Å². The van der Waals surface area contributed by atoms with Crippen molar-refractivity contribution in [3.63, 3.8) is 0 Å². The second kappa shape index (κ2) is 4.33. The molecule has 0 saturated heterocycles. The highest BCUT2D eigenvalue weighted by atomic mass is 16.4. The molecule has 2 rings (SSSR count). The molecule has 0 aromatic heterocycles. The molecule has 0 aliphatic carbocycles. The molecule has 0 heterocycles. The van der Waals surface area contributed by atoms with Crippen molar-refractivity contribution >= 4 is 16.7 Å². The number of aliphatic carboxylic acids is 1. The van der Waals surface area contributed by atoms with Crippen molar-refractivity contribution in [1.82, 2.24) is 0 Å². The zero-order valence-electron chi connectivity index (χ0n) is 8.63. The minimum atomic E-state index is -0.999. The molecular weight excluding hydrogens is 204 g/mol. The lowest BCUT2D eigenvalue weighted by Gasteiger charge is -2.09. The van der Waals surface area contributed by atoms with Gasteiger partial charge in [0.1, 0.15) is 0 Å². The van der Waals surface area contributed by atoms with E-state index in [1.54, 1.807) is 6.07 Å². The molecule has 0 aliphatic heterocycles. The van der Waals surface area contributed by atoms with Crippen LogP contribution in [0.4, 0.5) is 0 Å². The molecule has 0 aliphatic rings. The summed E-state index contributed by atoms with van der Waals surface area (Å²) in [6, 6.07) is 13.2. The minimum Gasteiger partial charge on any atom is -0.481 e. The van der Waals surface area contributed by atoms with Gasteiger partial charge in [-0.2, -0.15) is 0 Å². The maximum absolute atomic E-state index is 10.5. The Morgan fingerprint density at radius 3 is 2.50 bits per heavy atom. The average Bonchev–Trinajstić information content (AvgIpc) is 2.27. The smallest absolute Gasteiger partial charge is 0.306 e. The van der Waals surface area contributed by atoms with Gasteiger partial charge in [-0.1, -0.05) is 36.4 Å². The third kappa shape index (κ3) is 2.20. The van der Waals surface area contributed by atoms with Crippen LogP contribution in [0.2, 0.25) is 0 Å². The topological polar surface area (TPSA) is 57.5 Å². The van der Waals surface area contributed by atoms with E-state index >= 15 is 0 Å². The summed E-state index contributed by atoms with van der Waals surface area (Å²) in [6.07, 6.45) is -1.21. The summed E-state index contributed by atoms with van der Waals surface area (Å²) in [7, 11) is 0. The van der Waals surface area contributed by atoms with Crippen LogP contribution < -0.4 is 0 Å². The van der Waals surface area contributed by atoms with Gasteiger partial charge in [-0.3, -0.25) is 4.79 Å². The van der Waals surface area contributed by atoms with Crippen LogP contribution in [0.3, 0.4) is 0 Å². The molecule has 0 spiro atoms. The monoisotopic (exact) mass is 216 g/mol. The van der Waals surface area contributed by atoms with E-state index in [4.69, 9.17) is 5.11 Å². The molecule has 0 saturated carbocycles. The van der Waals surface area contributed by atoms with Gasteiger partial charge in [0, 0.05) is 0 Å². The molecule has 0 bridgehead atoms. The SMILES string of the molecule is O=C(O)CC(O)c1ccc2ccccc2c1. The van der Waals surface area contributed by atoms with Crippen molar-refractivity contribution in [2.24, 2.45) is 0 Å². The molecule has 0 fully saturated rings. The van der Waals surface area contributed by atoms with Crippen LogP contribution in [0, 0.1) is 0 Å². The number of fused-ring (bicyclic) bond motifs is 1. The predicted octanol–water partition coefficient (Wildman–Crippen LogP) is 2.35. The number of carbonyl (C=O) groups is 1. The van der Waals surface area contributed by atoms with Crippen molar-refractivity contribution in [2.45, 2.75) is 12.5 Å². The van der Waals surface area contributed by atoms with Gasteiger partial charge >= 0.3 is 5.97 Å². The normalized spacial score (nSPS) is 12.6. The van der Waals surface area contributed by atoms with E-state index in [-0.39, 0.29) is 6.42 Å². The predicted molar refractivity (Wildman–Crippen MR) is 61.2 cm³/mol. The van der Waals surface area contributed by atoms with Gasteiger partial charge in [0.2, 0.25) is 0 Å². The Balaban J connectivity index is 2.35. The van der Waals surface area contributed by atoms with Crippen LogP contribution in [-0.4, -0.2) is 16.2 Å². The number of aliphatic hydroxyl groups excluding tert-OH is 1. The summed E-state index contributed by atoms with van der Waals surface area (Å²) in [4.78, 5) is 10.5. The fourth-order valence-electron chi connectivity index (χ4n) is 1.70. The molecule has 2 aromatic rings. The molecule has 2 N–H and O–H groups in total. The van der Waals surface area contributed by atoms with Crippen molar-refractivity contribution < 1.29 is 15.0 Å². The van der Waals surface area contributed by atoms with Crippen molar-refractivity contribution in [3.05, 3.63) is 48.0 Å². The van der Waals surface area contributed by atoms with Gasteiger partial charge < -0.3 is 10.2 Å². The standard InChI is InChI=1S/C13H12O3/c14-12(8-13(15)16)11-6-5-9-3-1-2-4-10(9)7-11/h1-7,12,14H,8H2,(H,15,16). The van der Waals surface area contributed by atoms with Crippen molar-refractivity contribution in [1.29, 1.82) is 0 Å². The number of hydrogen-bond donors (Lipinski definition) is 2. The largest absolute Gasteiger partial charge is 0.481 e. The van der Waals surface area contributed by atoms with E-state index in [0.29, 0.717) is 5.56 Å². The van der Waals surface area contributed by atoms with Gasteiger partial charge in [0.15, 0.2) is 0 Å². The number of hydrogen-bond acceptors (Lipinski definition) is 2. The number of carboxylic acids is 1. The molecule has 0 amide bonds. The summed E-state index contributed by atoms with van der Waals surface area (Å²) in [5, 5.41) is 20.3. The second-order valence-electron chi connectivity index (χ2n) is 3.72. The van der Waals surface area contributed by atoms with E-state index in [9.17, 15) is 9.90 Å². The Morgan fingerprint density at radius 2 is 1.81 bits per heavy atom. The Bertz CT molecular complexity index is 519. The van der Waals surface area contributed by atoms with E-state index in [1.165, 1.54) is 0 Å². The average molecular weight is 216 g/mol.